The van der Waals surface area contributed by atoms with Crippen LogP contribution in [0.4, 0.5) is 5.69 Å². The Morgan fingerprint density at radius 2 is 1.75 bits per heavy atom. The highest BCUT2D eigenvalue weighted by atomic mass is 35.5. The van der Waals surface area contributed by atoms with Gasteiger partial charge in [0.15, 0.2) is 0 Å². The van der Waals surface area contributed by atoms with E-state index in [4.69, 9.17) is 11.6 Å². The largest absolute Gasteiger partial charge is 0.507 e. The van der Waals surface area contributed by atoms with Gasteiger partial charge >= 0.3 is 0 Å². The monoisotopic (exact) mass is 287 g/mol. The Balaban J connectivity index is 2.47. The zero-order valence-corrected chi connectivity index (χ0v) is 12.9. The third-order valence-electron chi connectivity index (χ3n) is 3.41. The summed E-state index contributed by atoms with van der Waals surface area (Å²) in [7, 11) is 0. The molecule has 0 amide bonds. The summed E-state index contributed by atoms with van der Waals surface area (Å²) in [4.78, 5) is 4.49. The van der Waals surface area contributed by atoms with Gasteiger partial charge in [0, 0.05) is 16.8 Å². The quantitative estimate of drug-likeness (QED) is 0.772. The molecular formula is C17H18ClNO. The van der Waals surface area contributed by atoms with Crippen molar-refractivity contribution in [2.45, 2.75) is 27.7 Å². The van der Waals surface area contributed by atoms with Crippen molar-refractivity contribution in [2.24, 2.45) is 4.99 Å². The van der Waals surface area contributed by atoms with Gasteiger partial charge in [-0.3, -0.25) is 4.99 Å². The van der Waals surface area contributed by atoms with Crippen molar-refractivity contribution < 1.29 is 5.11 Å². The molecule has 1 N–H and O–H groups in total. The van der Waals surface area contributed by atoms with E-state index in [0.29, 0.717) is 10.6 Å². The molecule has 2 nitrogen and oxygen atoms in total. The third-order valence-corrected chi connectivity index (χ3v) is 3.99. The van der Waals surface area contributed by atoms with Gasteiger partial charge in [-0.25, -0.2) is 0 Å². The molecule has 0 saturated carbocycles. The van der Waals surface area contributed by atoms with Crippen LogP contribution in [0.5, 0.6) is 5.75 Å². The van der Waals surface area contributed by atoms with Crippen LogP contribution in [0.2, 0.25) is 5.02 Å². The molecule has 0 bridgehead atoms. The van der Waals surface area contributed by atoms with Gasteiger partial charge in [-0.15, -0.1) is 0 Å². The first kappa shape index (κ1) is 14.6. The van der Waals surface area contributed by atoms with E-state index in [1.54, 1.807) is 12.3 Å². The van der Waals surface area contributed by atoms with Gasteiger partial charge in [-0.2, -0.15) is 0 Å². The third kappa shape index (κ3) is 2.86. The fourth-order valence-corrected chi connectivity index (χ4v) is 2.26. The van der Waals surface area contributed by atoms with Crippen molar-refractivity contribution in [3.63, 3.8) is 0 Å². The van der Waals surface area contributed by atoms with E-state index in [9.17, 15) is 5.11 Å². The van der Waals surface area contributed by atoms with Crippen molar-refractivity contribution in [2.75, 3.05) is 0 Å². The second-order valence-electron chi connectivity index (χ2n) is 5.11. The predicted molar refractivity (Wildman–Crippen MR) is 85.8 cm³/mol. The van der Waals surface area contributed by atoms with Crippen LogP contribution in [0.1, 0.15) is 27.8 Å². The van der Waals surface area contributed by atoms with Crippen molar-refractivity contribution in [1.82, 2.24) is 0 Å². The predicted octanol–water partition coefficient (Wildman–Crippen LogP) is 5.03. The van der Waals surface area contributed by atoms with E-state index >= 15 is 0 Å². The van der Waals surface area contributed by atoms with Crippen molar-refractivity contribution >= 4 is 23.5 Å². The molecule has 0 spiro atoms. The van der Waals surface area contributed by atoms with Crippen LogP contribution in [0.15, 0.2) is 29.3 Å². The molecule has 0 aliphatic heterocycles. The Bertz CT molecular complexity index is 690. The minimum absolute atomic E-state index is 0.207. The van der Waals surface area contributed by atoms with Crippen LogP contribution in [0.25, 0.3) is 0 Å². The van der Waals surface area contributed by atoms with Crippen LogP contribution in [0, 0.1) is 27.7 Å². The lowest BCUT2D eigenvalue weighted by Gasteiger charge is -2.09. The number of hydrogen-bond acceptors (Lipinski definition) is 2. The van der Waals surface area contributed by atoms with Gasteiger partial charge < -0.3 is 5.11 Å². The smallest absolute Gasteiger partial charge is 0.124 e. The average Bonchev–Trinajstić information content (AvgIpc) is 2.40. The van der Waals surface area contributed by atoms with Gasteiger partial charge in [0.05, 0.1) is 5.69 Å². The maximum atomic E-state index is 10.0. The number of hydrogen-bond donors (Lipinski definition) is 1. The number of aryl methyl sites for hydroxylation is 3. The van der Waals surface area contributed by atoms with Crippen LogP contribution < -0.4 is 0 Å². The summed E-state index contributed by atoms with van der Waals surface area (Å²) >= 11 is 6.22. The fourth-order valence-electron chi connectivity index (χ4n) is 2.11. The molecule has 0 atom stereocenters. The molecule has 0 aromatic heterocycles. The van der Waals surface area contributed by atoms with Crippen molar-refractivity contribution in [1.29, 1.82) is 0 Å². The van der Waals surface area contributed by atoms with E-state index in [1.807, 2.05) is 39.8 Å². The Kier molecular flexibility index (Phi) is 4.15. The van der Waals surface area contributed by atoms with E-state index in [-0.39, 0.29) is 5.75 Å². The van der Waals surface area contributed by atoms with Crippen LogP contribution in [-0.4, -0.2) is 11.3 Å². The molecule has 0 aliphatic rings. The molecule has 2 aromatic rings. The van der Waals surface area contributed by atoms with Gasteiger partial charge in [0.25, 0.3) is 0 Å². The second kappa shape index (κ2) is 5.68. The number of rotatable bonds is 2. The van der Waals surface area contributed by atoms with Crippen LogP contribution >= 0.6 is 11.6 Å². The summed E-state index contributed by atoms with van der Waals surface area (Å²) in [6.07, 6.45) is 1.68. The number of phenolic OH excluding ortho intramolecular Hbond substituents is 1. The molecule has 3 heteroatoms. The fraction of sp³-hybridized carbons (Fsp3) is 0.235. The molecule has 2 rings (SSSR count). The van der Waals surface area contributed by atoms with Crippen LogP contribution in [-0.2, 0) is 0 Å². The van der Waals surface area contributed by atoms with Gasteiger partial charge in [0.2, 0.25) is 0 Å². The van der Waals surface area contributed by atoms with E-state index in [2.05, 4.69) is 11.1 Å². The Morgan fingerprint density at radius 3 is 2.45 bits per heavy atom. The lowest BCUT2D eigenvalue weighted by atomic mass is 10.0. The normalized spacial score (nSPS) is 11.2. The highest BCUT2D eigenvalue weighted by Crippen LogP contribution is 2.30. The van der Waals surface area contributed by atoms with Crippen molar-refractivity contribution in [3.05, 3.63) is 57.1 Å². The zero-order chi connectivity index (χ0) is 14.9. The van der Waals surface area contributed by atoms with Crippen molar-refractivity contribution in [3.8, 4) is 5.75 Å². The van der Waals surface area contributed by atoms with E-state index in [1.165, 1.54) is 0 Å². The van der Waals surface area contributed by atoms with Gasteiger partial charge in [0.1, 0.15) is 5.75 Å². The topological polar surface area (TPSA) is 32.6 Å². The average molecular weight is 288 g/mol. The molecule has 0 unspecified atom stereocenters. The summed E-state index contributed by atoms with van der Waals surface area (Å²) in [6, 6.07) is 7.78. The van der Waals surface area contributed by atoms with Crippen LogP contribution in [0.3, 0.4) is 0 Å². The summed E-state index contributed by atoms with van der Waals surface area (Å²) in [5.74, 6) is 0.207. The summed E-state index contributed by atoms with van der Waals surface area (Å²) < 4.78 is 0. The lowest BCUT2D eigenvalue weighted by Crippen LogP contribution is -1.92. The highest BCUT2D eigenvalue weighted by molar-refractivity contribution is 6.32. The van der Waals surface area contributed by atoms with E-state index in [0.717, 1.165) is 27.9 Å². The minimum Gasteiger partial charge on any atom is -0.507 e. The molecule has 20 heavy (non-hydrogen) atoms. The maximum Gasteiger partial charge on any atom is 0.124 e. The van der Waals surface area contributed by atoms with E-state index < -0.39 is 0 Å². The number of nitrogens with zero attached hydrogens (tertiary/aromatic N) is 1. The summed E-state index contributed by atoms with van der Waals surface area (Å²) in [6.45, 7) is 7.81. The molecule has 0 heterocycles. The SMILES string of the molecule is Cc1ccc(C)c(N=Cc2c(O)cc(C)c(Cl)c2C)c1. The first-order valence-electron chi connectivity index (χ1n) is 6.50. The number of benzene rings is 2. The number of halogens is 1. The number of aliphatic imine (C=N–C) groups is 1. The van der Waals surface area contributed by atoms with Gasteiger partial charge in [-0.1, -0.05) is 23.7 Å². The highest BCUT2D eigenvalue weighted by Gasteiger charge is 2.09. The summed E-state index contributed by atoms with van der Waals surface area (Å²) in [5.41, 5.74) is 5.54. The first-order chi connectivity index (χ1) is 9.40. The second-order valence-corrected chi connectivity index (χ2v) is 5.49. The Morgan fingerprint density at radius 1 is 1.05 bits per heavy atom. The molecule has 2 aromatic carbocycles. The Labute approximate surface area is 124 Å². The molecule has 0 fully saturated rings. The lowest BCUT2D eigenvalue weighted by molar-refractivity contribution is 0.473. The number of aromatic hydroxyl groups is 1. The number of phenols is 1. The molecular weight excluding hydrogens is 270 g/mol. The Hall–Kier alpha value is -1.80. The molecule has 104 valence electrons. The standard InChI is InChI=1S/C17H18ClNO/c1-10-5-6-11(2)15(7-10)19-9-14-13(4)17(18)12(3)8-16(14)20/h5-9,20H,1-4H3. The maximum absolute atomic E-state index is 10.0. The minimum atomic E-state index is 0.207. The molecule has 0 saturated heterocycles. The van der Waals surface area contributed by atoms with Gasteiger partial charge in [-0.05, 0) is 62.1 Å². The molecule has 0 aliphatic carbocycles. The first-order valence-corrected chi connectivity index (χ1v) is 6.88. The summed E-state index contributed by atoms with van der Waals surface area (Å²) in [5, 5.41) is 10.7. The zero-order valence-electron chi connectivity index (χ0n) is 12.2. The molecule has 0 radical (unpaired) electrons.